The van der Waals surface area contributed by atoms with Gasteiger partial charge in [-0.05, 0) is 108 Å². The van der Waals surface area contributed by atoms with Crippen molar-refractivity contribution in [2.75, 3.05) is 33.9 Å². The lowest BCUT2D eigenvalue weighted by Gasteiger charge is -2.40. The van der Waals surface area contributed by atoms with Crippen molar-refractivity contribution in [1.82, 2.24) is 10.2 Å². The molecule has 0 saturated heterocycles. The molecule has 3 N–H and O–H groups in total. The van der Waals surface area contributed by atoms with Crippen molar-refractivity contribution < 1.29 is 18.7 Å². The van der Waals surface area contributed by atoms with Crippen molar-refractivity contribution in [3.05, 3.63) is 166 Å². The molecule has 9 heteroatoms. The van der Waals surface area contributed by atoms with Gasteiger partial charge in [-0.15, -0.1) is 24.8 Å². The third kappa shape index (κ3) is 10.7. The molecule has 292 valence electrons. The van der Waals surface area contributed by atoms with Crippen LogP contribution in [0.15, 0.2) is 121 Å². The zero-order valence-corrected chi connectivity index (χ0v) is 33.5. The van der Waals surface area contributed by atoms with E-state index in [1.165, 1.54) is 39.9 Å². The predicted molar refractivity (Wildman–Crippen MR) is 225 cm³/mol. The Morgan fingerprint density at radius 2 is 1.38 bits per heavy atom. The predicted octanol–water partition coefficient (Wildman–Crippen LogP) is 9.39. The number of nitrogens with one attached hydrogen (secondary N) is 1. The van der Waals surface area contributed by atoms with Gasteiger partial charge < -0.3 is 20.5 Å². The molecule has 1 aliphatic rings. The maximum atomic E-state index is 13.3. The topological polar surface area (TPSA) is 76.8 Å². The number of aryl methyl sites for hydroxylation is 1. The van der Waals surface area contributed by atoms with E-state index in [0.29, 0.717) is 25.9 Å². The van der Waals surface area contributed by atoms with Gasteiger partial charge in [0.25, 0.3) is 0 Å². The minimum Gasteiger partial charge on any atom is -0.493 e. The van der Waals surface area contributed by atoms with Gasteiger partial charge in [0, 0.05) is 31.5 Å². The highest BCUT2D eigenvalue weighted by Gasteiger charge is 2.35. The average molecular weight is 787 g/mol. The first kappa shape index (κ1) is 43.3. The van der Waals surface area contributed by atoms with E-state index in [9.17, 15) is 9.18 Å². The van der Waals surface area contributed by atoms with Gasteiger partial charge in [-0.1, -0.05) is 97.1 Å². The van der Waals surface area contributed by atoms with Crippen LogP contribution in [0.3, 0.4) is 0 Å². The van der Waals surface area contributed by atoms with Gasteiger partial charge in [0.15, 0.2) is 11.5 Å². The van der Waals surface area contributed by atoms with Crippen LogP contribution in [0.4, 0.5) is 4.39 Å². The highest BCUT2D eigenvalue weighted by atomic mass is 35.5. The Labute approximate surface area is 338 Å². The van der Waals surface area contributed by atoms with Crippen molar-refractivity contribution >= 4 is 30.7 Å². The summed E-state index contributed by atoms with van der Waals surface area (Å²) in [5.74, 6) is 1.26. The number of carbonyl (C=O) groups excluding carboxylic acids is 1. The first-order chi connectivity index (χ1) is 25.9. The summed E-state index contributed by atoms with van der Waals surface area (Å²) >= 11 is 0. The minimum atomic E-state index is -0.265. The highest BCUT2D eigenvalue weighted by Crippen LogP contribution is 2.44. The third-order valence-electron chi connectivity index (χ3n) is 10.9. The van der Waals surface area contributed by atoms with Crippen LogP contribution < -0.4 is 20.5 Å². The van der Waals surface area contributed by atoms with E-state index >= 15 is 0 Å². The Kier molecular flexibility index (Phi) is 16.6. The van der Waals surface area contributed by atoms with Crippen molar-refractivity contribution in [1.29, 1.82) is 0 Å². The van der Waals surface area contributed by atoms with Crippen molar-refractivity contribution in [2.45, 2.75) is 62.9 Å². The van der Waals surface area contributed by atoms with Gasteiger partial charge >= 0.3 is 0 Å². The molecular weight excluding hydrogens is 732 g/mol. The number of hydrogen-bond donors (Lipinski definition) is 2. The lowest BCUT2D eigenvalue weighted by molar-refractivity contribution is -0.121. The molecule has 1 unspecified atom stereocenters. The number of nitrogens with zero attached hydrogens (tertiary/aromatic N) is 1. The molecule has 0 bridgehead atoms. The van der Waals surface area contributed by atoms with Crippen LogP contribution >= 0.6 is 24.8 Å². The van der Waals surface area contributed by atoms with Crippen LogP contribution in [0.25, 0.3) is 0 Å². The molecule has 5 aromatic rings. The number of rotatable bonds is 17. The minimum absolute atomic E-state index is 0. The van der Waals surface area contributed by atoms with E-state index in [4.69, 9.17) is 15.2 Å². The van der Waals surface area contributed by atoms with Gasteiger partial charge in [0.1, 0.15) is 5.82 Å². The molecule has 0 radical (unpaired) electrons. The van der Waals surface area contributed by atoms with E-state index in [1.54, 1.807) is 26.4 Å². The first-order valence-corrected chi connectivity index (χ1v) is 18.8. The van der Waals surface area contributed by atoms with E-state index in [1.807, 2.05) is 0 Å². The van der Waals surface area contributed by atoms with Gasteiger partial charge in [0.2, 0.25) is 5.91 Å². The quantitative estimate of drug-likeness (QED) is 0.0920. The smallest absolute Gasteiger partial charge is 0.220 e. The molecule has 0 aliphatic carbocycles. The Balaban J connectivity index is 0.00000336. The van der Waals surface area contributed by atoms with Gasteiger partial charge in [-0.3, -0.25) is 9.69 Å². The number of amides is 1. The zero-order chi connectivity index (χ0) is 37.0. The lowest BCUT2D eigenvalue weighted by Crippen LogP contribution is -2.38. The Morgan fingerprint density at radius 1 is 0.800 bits per heavy atom. The summed E-state index contributed by atoms with van der Waals surface area (Å²) in [6, 6.07) is 41.2. The molecule has 0 saturated carbocycles. The molecule has 0 spiro atoms. The van der Waals surface area contributed by atoms with Crippen LogP contribution in [0.2, 0.25) is 0 Å². The summed E-state index contributed by atoms with van der Waals surface area (Å²) in [6.45, 7) is 2.95. The van der Waals surface area contributed by atoms with E-state index in [2.05, 4.69) is 107 Å². The number of fused-ring (bicyclic) bond motifs is 1. The fraction of sp³-hybridized carbons (Fsp3) is 0.326. The molecule has 0 aromatic heterocycles. The summed E-state index contributed by atoms with van der Waals surface area (Å²) in [4.78, 5) is 15.4. The molecule has 1 atom stereocenters. The second-order valence-corrected chi connectivity index (χ2v) is 14.0. The molecule has 6 rings (SSSR count). The number of hydrogen-bond acceptors (Lipinski definition) is 5. The van der Waals surface area contributed by atoms with Crippen molar-refractivity contribution in [3.63, 3.8) is 0 Å². The number of methoxy groups -OCH3 is 2. The SMILES string of the molecule is COc1cc2c(cc1OC)C(c1ccc(CN)cc1)N(CCCC(CCCNC(=O)CCc1ccc(F)cc1)(c1ccccc1)c1ccccc1)CC2.Cl.Cl. The van der Waals surface area contributed by atoms with Gasteiger partial charge in [-0.25, -0.2) is 4.39 Å². The highest BCUT2D eigenvalue weighted by molar-refractivity contribution is 5.85. The number of benzene rings is 5. The molecule has 5 aromatic carbocycles. The summed E-state index contributed by atoms with van der Waals surface area (Å²) in [6.07, 6.45) is 5.55. The van der Waals surface area contributed by atoms with Crippen LogP contribution in [0.1, 0.15) is 77.1 Å². The Bertz CT molecular complexity index is 1870. The average Bonchev–Trinajstić information content (AvgIpc) is 3.21. The maximum absolute atomic E-state index is 13.3. The largest absolute Gasteiger partial charge is 0.493 e. The van der Waals surface area contributed by atoms with Crippen molar-refractivity contribution in [2.24, 2.45) is 5.73 Å². The standard InChI is InChI=1S/C46H52FN3O3.2ClH/c1-52-42-31-37-25-30-50(45(41(37)32-43(42)53-2)36-20-15-35(33-48)16-21-36)29-10-27-46(38-11-5-3-6-12-38,39-13-7-4-8-14-39)26-9-28-49-44(51)24-19-34-17-22-40(47)23-18-34;;/h3-8,11-18,20-23,31-32,45H,9-10,19,24-30,33,48H2,1-2H3,(H,49,51);2*1H. The molecule has 0 fully saturated rings. The van der Waals surface area contributed by atoms with E-state index in [-0.39, 0.29) is 48.0 Å². The normalized spacial score (nSPS) is 13.9. The summed E-state index contributed by atoms with van der Waals surface area (Å²) in [7, 11) is 3.39. The maximum Gasteiger partial charge on any atom is 0.220 e. The monoisotopic (exact) mass is 785 g/mol. The lowest BCUT2D eigenvalue weighted by atomic mass is 9.68. The second-order valence-electron chi connectivity index (χ2n) is 14.0. The first-order valence-electron chi connectivity index (χ1n) is 18.8. The summed E-state index contributed by atoms with van der Waals surface area (Å²) in [5, 5.41) is 3.16. The molecule has 6 nitrogen and oxygen atoms in total. The third-order valence-corrected chi connectivity index (χ3v) is 10.9. The fourth-order valence-corrected chi connectivity index (χ4v) is 8.05. The summed E-state index contributed by atoms with van der Waals surface area (Å²) < 4.78 is 24.8. The summed E-state index contributed by atoms with van der Waals surface area (Å²) in [5.41, 5.74) is 14.2. The van der Waals surface area contributed by atoms with Gasteiger partial charge in [-0.2, -0.15) is 0 Å². The van der Waals surface area contributed by atoms with Crippen molar-refractivity contribution in [3.8, 4) is 11.5 Å². The molecule has 1 amide bonds. The second kappa shape index (κ2) is 21.1. The van der Waals surface area contributed by atoms with Gasteiger partial charge in [0.05, 0.1) is 20.3 Å². The van der Waals surface area contributed by atoms with Crippen LogP contribution in [-0.4, -0.2) is 44.7 Å². The number of nitrogens with two attached hydrogens (primary N) is 1. The van der Waals surface area contributed by atoms with Crippen LogP contribution in [-0.2, 0) is 29.6 Å². The van der Waals surface area contributed by atoms with Crippen LogP contribution in [0, 0.1) is 5.82 Å². The molecule has 55 heavy (non-hydrogen) atoms. The molecular formula is C46H54Cl2FN3O3. The number of carbonyl (C=O) groups is 1. The fourth-order valence-electron chi connectivity index (χ4n) is 8.05. The van der Waals surface area contributed by atoms with Crippen LogP contribution in [0.5, 0.6) is 11.5 Å². The molecule has 1 aliphatic heterocycles. The Hall–Kier alpha value is -4.40. The van der Waals surface area contributed by atoms with E-state index in [0.717, 1.165) is 67.8 Å². The number of ether oxygens (including phenoxy) is 2. The molecule has 1 heterocycles. The Morgan fingerprint density at radius 3 is 1.98 bits per heavy atom. The van der Waals surface area contributed by atoms with E-state index < -0.39 is 0 Å². The number of halogens is 3. The zero-order valence-electron chi connectivity index (χ0n) is 31.8.